The predicted molar refractivity (Wildman–Crippen MR) is 133 cm³/mol. The molecule has 0 aliphatic carbocycles. The van der Waals surface area contributed by atoms with Gasteiger partial charge < -0.3 is 18.9 Å². The van der Waals surface area contributed by atoms with Crippen molar-refractivity contribution >= 4 is 40.6 Å². The SMILES string of the molecule is O=C1S/C(=C/c2ccc(OCCOc3ccccc3)cc2)C(=O)N1Cc1cc2c(cc1Cl)OCO2. The van der Waals surface area contributed by atoms with Gasteiger partial charge in [-0.25, -0.2) is 0 Å². The van der Waals surface area contributed by atoms with E-state index in [0.717, 1.165) is 23.1 Å². The number of ether oxygens (including phenoxy) is 4. The highest BCUT2D eigenvalue weighted by atomic mass is 35.5. The number of thioether (sulfide) groups is 1. The van der Waals surface area contributed by atoms with E-state index in [9.17, 15) is 9.59 Å². The normalized spacial score (nSPS) is 15.7. The van der Waals surface area contributed by atoms with Gasteiger partial charge in [0.25, 0.3) is 11.1 Å². The standard InChI is InChI=1S/C26H20ClNO6S/c27-21-14-23-22(33-16-34-23)13-18(21)15-28-25(29)24(35-26(28)30)12-17-6-8-20(9-7-17)32-11-10-31-19-4-2-1-3-5-19/h1-9,12-14H,10-11,15-16H2/b24-12+. The predicted octanol–water partition coefficient (Wildman–Crippen LogP) is 5.76. The molecule has 9 heteroatoms. The van der Waals surface area contributed by atoms with Crippen LogP contribution < -0.4 is 18.9 Å². The quantitative estimate of drug-likeness (QED) is 0.282. The number of amides is 2. The summed E-state index contributed by atoms with van der Waals surface area (Å²) in [6, 6.07) is 20.1. The minimum absolute atomic E-state index is 0.0509. The topological polar surface area (TPSA) is 74.3 Å². The number of carbonyl (C=O) groups is 2. The van der Waals surface area contributed by atoms with Gasteiger partial charge in [-0.3, -0.25) is 14.5 Å². The minimum Gasteiger partial charge on any atom is -0.490 e. The molecule has 0 bridgehead atoms. The number of rotatable bonds is 8. The summed E-state index contributed by atoms with van der Waals surface area (Å²) in [6.07, 6.45) is 1.69. The smallest absolute Gasteiger partial charge is 0.293 e. The zero-order valence-electron chi connectivity index (χ0n) is 18.4. The monoisotopic (exact) mass is 509 g/mol. The molecule has 178 valence electrons. The first kappa shape index (κ1) is 23.1. The summed E-state index contributed by atoms with van der Waals surface area (Å²) < 4.78 is 22.0. The molecular weight excluding hydrogens is 490 g/mol. The van der Waals surface area contributed by atoms with Gasteiger partial charge in [-0.1, -0.05) is 41.9 Å². The van der Waals surface area contributed by atoms with Gasteiger partial charge in [0.05, 0.1) is 11.4 Å². The van der Waals surface area contributed by atoms with Crippen molar-refractivity contribution in [2.45, 2.75) is 6.54 Å². The van der Waals surface area contributed by atoms with E-state index in [-0.39, 0.29) is 24.5 Å². The van der Waals surface area contributed by atoms with Crippen molar-refractivity contribution < 1.29 is 28.5 Å². The molecule has 7 nitrogen and oxygen atoms in total. The van der Waals surface area contributed by atoms with Crippen molar-refractivity contribution in [3.8, 4) is 23.0 Å². The van der Waals surface area contributed by atoms with E-state index in [2.05, 4.69) is 0 Å². The van der Waals surface area contributed by atoms with E-state index in [0.29, 0.717) is 46.0 Å². The van der Waals surface area contributed by atoms with E-state index in [4.69, 9.17) is 30.5 Å². The highest BCUT2D eigenvalue weighted by molar-refractivity contribution is 8.18. The van der Waals surface area contributed by atoms with Crippen LogP contribution in [0.15, 0.2) is 71.6 Å². The maximum atomic E-state index is 12.9. The second kappa shape index (κ2) is 10.3. The van der Waals surface area contributed by atoms with E-state index in [1.54, 1.807) is 18.2 Å². The Morgan fingerprint density at radius 1 is 0.914 bits per heavy atom. The molecule has 0 atom stereocenters. The second-order valence-corrected chi connectivity index (χ2v) is 9.04. The highest BCUT2D eigenvalue weighted by Crippen LogP contribution is 2.39. The van der Waals surface area contributed by atoms with Gasteiger partial charge >= 0.3 is 0 Å². The molecule has 0 aromatic heterocycles. The number of hydrogen-bond donors (Lipinski definition) is 0. The van der Waals surface area contributed by atoms with E-state index in [1.165, 1.54) is 4.90 Å². The maximum Gasteiger partial charge on any atom is 0.293 e. The van der Waals surface area contributed by atoms with Crippen molar-refractivity contribution in [2.24, 2.45) is 0 Å². The van der Waals surface area contributed by atoms with Gasteiger partial charge in [-0.15, -0.1) is 0 Å². The summed E-state index contributed by atoms with van der Waals surface area (Å²) in [5.41, 5.74) is 1.39. The Labute approximate surface area is 211 Å². The average molecular weight is 510 g/mol. The van der Waals surface area contributed by atoms with Crippen LogP contribution in [0.4, 0.5) is 4.79 Å². The molecule has 35 heavy (non-hydrogen) atoms. The van der Waals surface area contributed by atoms with Crippen LogP contribution in [0.2, 0.25) is 5.02 Å². The van der Waals surface area contributed by atoms with E-state index >= 15 is 0 Å². The Hall–Kier alpha value is -3.62. The molecule has 3 aromatic carbocycles. The van der Waals surface area contributed by atoms with Crippen molar-refractivity contribution in [1.29, 1.82) is 0 Å². The largest absolute Gasteiger partial charge is 0.490 e. The van der Waals surface area contributed by atoms with Crippen LogP contribution in [0, 0.1) is 0 Å². The lowest BCUT2D eigenvalue weighted by Gasteiger charge is -2.14. The third-order valence-corrected chi connectivity index (χ3v) is 6.54. The highest BCUT2D eigenvalue weighted by Gasteiger charge is 2.35. The van der Waals surface area contributed by atoms with Crippen LogP contribution in [0.25, 0.3) is 6.08 Å². The van der Waals surface area contributed by atoms with Crippen LogP contribution in [0.5, 0.6) is 23.0 Å². The van der Waals surface area contributed by atoms with Gasteiger partial charge in [-0.2, -0.15) is 0 Å². The summed E-state index contributed by atoms with van der Waals surface area (Å²) in [4.78, 5) is 27.0. The molecule has 0 radical (unpaired) electrons. The molecule has 1 saturated heterocycles. The Morgan fingerprint density at radius 2 is 1.57 bits per heavy atom. The fourth-order valence-corrected chi connectivity index (χ4v) is 4.59. The Morgan fingerprint density at radius 3 is 2.29 bits per heavy atom. The van der Waals surface area contributed by atoms with Crippen LogP contribution in [0.1, 0.15) is 11.1 Å². The molecule has 5 rings (SSSR count). The molecule has 0 spiro atoms. The lowest BCUT2D eigenvalue weighted by Crippen LogP contribution is -2.27. The number of para-hydroxylation sites is 1. The molecule has 2 amide bonds. The lowest BCUT2D eigenvalue weighted by atomic mass is 10.1. The van der Waals surface area contributed by atoms with Crippen molar-refractivity contribution in [3.63, 3.8) is 0 Å². The molecule has 0 N–H and O–H groups in total. The first-order valence-electron chi connectivity index (χ1n) is 10.8. The van der Waals surface area contributed by atoms with Gasteiger partial charge in [0.2, 0.25) is 6.79 Å². The van der Waals surface area contributed by atoms with Crippen LogP contribution in [-0.2, 0) is 11.3 Å². The van der Waals surface area contributed by atoms with Crippen molar-refractivity contribution in [3.05, 3.63) is 87.8 Å². The molecule has 2 aliphatic heterocycles. The lowest BCUT2D eigenvalue weighted by molar-refractivity contribution is -0.123. The Bertz CT molecular complexity index is 1280. The zero-order valence-corrected chi connectivity index (χ0v) is 20.0. The third kappa shape index (κ3) is 5.39. The van der Waals surface area contributed by atoms with Crippen LogP contribution in [0.3, 0.4) is 0 Å². The fraction of sp³-hybridized carbons (Fsp3) is 0.154. The van der Waals surface area contributed by atoms with Gasteiger partial charge in [0.15, 0.2) is 11.5 Å². The van der Waals surface area contributed by atoms with Crippen molar-refractivity contribution in [1.82, 2.24) is 4.90 Å². The molecule has 1 fully saturated rings. The summed E-state index contributed by atoms with van der Waals surface area (Å²) in [7, 11) is 0. The Balaban J connectivity index is 1.18. The number of benzene rings is 3. The summed E-state index contributed by atoms with van der Waals surface area (Å²) >= 11 is 7.21. The van der Waals surface area contributed by atoms with Crippen LogP contribution in [-0.4, -0.2) is 36.1 Å². The molecular formula is C26H20ClNO6S. The first-order chi connectivity index (χ1) is 17.1. The molecule has 2 aliphatic rings. The number of imide groups is 1. The molecule has 0 saturated carbocycles. The summed E-state index contributed by atoms with van der Waals surface area (Å²) in [5, 5.41) is 0.0513. The van der Waals surface area contributed by atoms with Gasteiger partial charge in [-0.05, 0) is 59.3 Å². The zero-order chi connectivity index (χ0) is 24.2. The average Bonchev–Trinajstić information content (AvgIpc) is 3.42. The summed E-state index contributed by atoms with van der Waals surface area (Å²) in [6.45, 7) is 0.988. The van der Waals surface area contributed by atoms with E-state index < -0.39 is 0 Å². The van der Waals surface area contributed by atoms with E-state index in [1.807, 2.05) is 54.6 Å². The Kier molecular flexibility index (Phi) is 6.83. The van der Waals surface area contributed by atoms with Crippen molar-refractivity contribution in [2.75, 3.05) is 20.0 Å². The second-order valence-electron chi connectivity index (χ2n) is 7.64. The molecule has 3 aromatic rings. The number of nitrogens with zero attached hydrogens (tertiary/aromatic N) is 1. The van der Waals surface area contributed by atoms with Crippen LogP contribution >= 0.6 is 23.4 Å². The fourth-order valence-electron chi connectivity index (χ4n) is 3.53. The molecule has 0 unspecified atom stereocenters. The number of hydrogen-bond acceptors (Lipinski definition) is 7. The number of halogens is 1. The number of fused-ring (bicyclic) bond motifs is 1. The molecule has 2 heterocycles. The van der Waals surface area contributed by atoms with Gasteiger partial charge in [0.1, 0.15) is 24.7 Å². The minimum atomic E-state index is -0.368. The third-order valence-electron chi connectivity index (χ3n) is 5.29. The first-order valence-corrected chi connectivity index (χ1v) is 12.0. The maximum absolute atomic E-state index is 12.9. The van der Waals surface area contributed by atoms with Gasteiger partial charge in [0, 0.05) is 11.1 Å². The number of carbonyl (C=O) groups excluding carboxylic acids is 2. The summed E-state index contributed by atoms with van der Waals surface area (Å²) in [5.74, 6) is 2.20.